The molecule has 0 saturated carbocycles. The number of piperidine rings is 1. The van der Waals surface area contributed by atoms with Gasteiger partial charge in [-0.3, -0.25) is 9.80 Å². The lowest BCUT2D eigenvalue weighted by Crippen LogP contribution is -2.48. The number of rotatable bonds is 5. The first kappa shape index (κ1) is 22.8. The van der Waals surface area contributed by atoms with Crippen molar-refractivity contribution in [2.24, 2.45) is 0 Å². The summed E-state index contributed by atoms with van der Waals surface area (Å²) >= 11 is 0. The third-order valence-corrected chi connectivity index (χ3v) is 5.61. The molecule has 0 unspecified atom stereocenters. The Kier molecular flexibility index (Phi) is 7.92. The number of alkyl halides is 3. The Bertz CT molecular complexity index is 730. The summed E-state index contributed by atoms with van der Waals surface area (Å²) in [5.41, 5.74) is -0.910. The lowest BCUT2D eigenvalue weighted by molar-refractivity contribution is -0.141. The SMILES string of the molecule is CC(C)N1CCN(CC#CCOC2CCN(c3nccc(C(F)(F)F)n3)CC2)CC1. The normalized spacial score (nSPS) is 19.7. The molecule has 0 N–H and O–H groups in total. The number of hydrogen-bond donors (Lipinski definition) is 0. The number of piperazine rings is 1. The molecule has 1 aromatic rings. The number of anilines is 1. The minimum Gasteiger partial charge on any atom is -0.365 e. The van der Waals surface area contributed by atoms with Crippen molar-refractivity contribution < 1.29 is 17.9 Å². The number of aromatic nitrogens is 2. The molecule has 2 saturated heterocycles. The van der Waals surface area contributed by atoms with Gasteiger partial charge in [0.05, 0.1) is 12.6 Å². The quantitative estimate of drug-likeness (QED) is 0.676. The molecule has 2 aliphatic heterocycles. The van der Waals surface area contributed by atoms with Crippen LogP contribution in [0.25, 0.3) is 0 Å². The molecule has 2 aliphatic rings. The van der Waals surface area contributed by atoms with Gasteiger partial charge < -0.3 is 9.64 Å². The first-order valence-corrected chi connectivity index (χ1v) is 10.5. The van der Waals surface area contributed by atoms with E-state index < -0.39 is 11.9 Å². The van der Waals surface area contributed by atoms with Crippen LogP contribution in [-0.4, -0.2) is 84.3 Å². The Labute approximate surface area is 176 Å². The zero-order valence-corrected chi connectivity index (χ0v) is 17.7. The summed E-state index contributed by atoms with van der Waals surface area (Å²) in [6.07, 6.45) is -1.79. The van der Waals surface area contributed by atoms with Crippen LogP contribution in [0, 0.1) is 11.8 Å². The van der Waals surface area contributed by atoms with Crippen molar-refractivity contribution in [1.29, 1.82) is 0 Å². The van der Waals surface area contributed by atoms with E-state index >= 15 is 0 Å². The van der Waals surface area contributed by atoms with E-state index in [1.54, 1.807) is 4.90 Å². The van der Waals surface area contributed by atoms with Gasteiger partial charge in [-0.1, -0.05) is 11.8 Å². The van der Waals surface area contributed by atoms with E-state index in [-0.39, 0.29) is 12.1 Å². The summed E-state index contributed by atoms with van der Waals surface area (Å²) < 4.78 is 44.3. The van der Waals surface area contributed by atoms with Crippen LogP contribution in [0.3, 0.4) is 0 Å². The van der Waals surface area contributed by atoms with Crippen LogP contribution in [0.5, 0.6) is 0 Å². The van der Waals surface area contributed by atoms with Gasteiger partial charge >= 0.3 is 6.18 Å². The molecule has 0 aromatic carbocycles. The first-order valence-electron chi connectivity index (χ1n) is 10.5. The Balaban J connectivity index is 1.35. The van der Waals surface area contributed by atoms with Crippen molar-refractivity contribution in [3.63, 3.8) is 0 Å². The van der Waals surface area contributed by atoms with E-state index in [1.165, 1.54) is 0 Å². The highest BCUT2D eigenvalue weighted by molar-refractivity contribution is 5.31. The topological polar surface area (TPSA) is 44.7 Å². The second kappa shape index (κ2) is 10.4. The maximum atomic E-state index is 12.8. The minimum atomic E-state index is -4.46. The monoisotopic (exact) mass is 425 g/mol. The molecule has 0 aliphatic carbocycles. The molecular formula is C21H30F3N5O. The standard InChI is InChI=1S/C21H30F3N5O/c1-17(2)28-14-12-27(13-15-28)9-3-4-16-30-18-6-10-29(11-7-18)20-25-8-5-19(26-20)21(22,23)24/h5,8,17-18H,6-7,9-16H2,1-2H3. The van der Waals surface area contributed by atoms with Gasteiger partial charge in [0.25, 0.3) is 0 Å². The molecule has 166 valence electrons. The van der Waals surface area contributed by atoms with Crippen LogP contribution in [0.15, 0.2) is 12.3 Å². The highest BCUT2D eigenvalue weighted by atomic mass is 19.4. The lowest BCUT2D eigenvalue weighted by Gasteiger charge is -2.36. The molecule has 30 heavy (non-hydrogen) atoms. The molecule has 3 rings (SSSR count). The molecule has 6 nitrogen and oxygen atoms in total. The molecule has 9 heteroatoms. The molecule has 0 amide bonds. The summed E-state index contributed by atoms with van der Waals surface area (Å²) in [7, 11) is 0. The maximum Gasteiger partial charge on any atom is 0.433 e. The largest absolute Gasteiger partial charge is 0.433 e. The lowest BCUT2D eigenvalue weighted by atomic mass is 10.1. The van der Waals surface area contributed by atoms with E-state index in [1.807, 2.05) is 0 Å². The summed E-state index contributed by atoms with van der Waals surface area (Å²) in [6.45, 7) is 11.0. The van der Waals surface area contributed by atoms with Crippen LogP contribution < -0.4 is 4.90 Å². The van der Waals surface area contributed by atoms with Crippen molar-refractivity contribution >= 4 is 5.95 Å². The van der Waals surface area contributed by atoms with Gasteiger partial charge in [0.1, 0.15) is 12.3 Å². The number of hydrogen-bond acceptors (Lipinski definition) is 6. The Morgan fingerprint density at radius 2 is 1.80 bits per heavy atom. The highest BCUT2D eigenvalue weighted by Gasteiger charge is 2.33. The number of nitrogens with zero attached hydrogens (tertiary/aromatic N) is 5. The molecule has 2 fully saturated rings. The second-order valence-electron chi connectivity index (χ2n) is 8.00. The fraction of sp³-hybridized carbons (Fsp3) is 0.714. The Morgan fingerprint density at radius 1 is 1.10 bits per heavy atom. The first-order chi connectivity index (χ1) is 14.3. The Hall–Kier alpha value is -1.89. The number of ether oxygens (including phenoxy) is 1. The van der Waals surface area contributed by atoms with E-state index in [4.69, 9.17) is 4.74 Å². The maximum absolute atomic E-state index is 12.8. The minimum absolute atomic E-state index is 0.0657. The summed E-state index contributed by atoms with van der Waals surface area (Å²) in [5, 5.41) is 0. The zero-order chi connectivity index (χ0) is 21.6. The molecule has 1 aromatic heterocycles. The van der Waals surface area contributed by atoms with E-state index in [9.17, 15) is 13.2 Å². The van der Waals surface area contributed by atoms with Gasteiger partial charge in [-0.15, -0.1) is 0 Å². The third kappa shape index (κ3) is 6.56. The third-order valence-electron chi connectivity index (χ3n) is 5.61. The van der Waals surface area contributed by atoms with Crippen molar-refractivity contribution in [2.75, 3.05) is 57.3 Å². The second-order valence-corrected chi connectivity index (χ2v) is 8.00. The van der Waals surface area contributed by atoms with Gasteiger partial charge in [-0.05, 0) is 32.8 Å². The predicted octanol–water partition coefficient (Wildman–Crippen LogP) is 2.51. The van der Waals surface area contributed by atoms with Crippen LogP contribution in [0.2, 0.25) is 0 Å². The van der Waals surface area contributed by atoms with E-state index in [0.29, 0.717) is 25.7 Å². The Morgan fingerprint density at radius 3 is 2.43 bits per heavy atom. The van der Waals surface area contributed by atoms with Crippen LogP contribution in [-0.2, 0) is 10.9 Å². The van der Waals surface area contributed by atoms with Crippen LogP contribution >= 0.6 is 0 Å². The molecule has 3 heterocycles. The van der Waals surface area contributed by atoms with Crippen molar-refractivity contribution in [1.82, 2.24) is 19.8 Å². The van der Waals surface area contributed by atoms with Crippen molar-refractivity contribution in [3.05, 3.63) is 18.0 Å². The smallest absolute Gasteiger partial charge is 0.365 e. The van der Waals surface area contributed by atoms with Gasteiger partial charge in [0, 0.05) is 51.5 Å². The van der Waals surface area contributed by atoms with Gasteiger partial charge in [0.15, 0.2) is 0 Å². The fourth-order valence-corrected chi connectivity index (χ4v) is 3.70. The van der Waals surface area contributed by atoms with Crippen LogP contribution in [0.1, 0.15) is 32.4 Å². The van der Waals surface area contributed by atoms with Gasteiger partial charge in [-0.2, -0.15) is 13.2 Å². The fourth-order valence-electron chi connectivity index (χ4n) is 3.70. The van der Waals surface area contributed by atoms with Gasteiger partial charge in [-0.25, -0.2) is 9.97 Å². The molecule has 0 radical (unpaired) electrons. The molecule has 0 atom stereocenters. The summed E-state index contributed by atoms with van der Waals surface area (Å²) in [5.74, 6) is 6.40. The number of halogens is 3. The van der Waals surface area contributed by atoms with Crippen molar-refractivity contribution in [3.8, 4) is 11.8 Å². The average Bonchev–Trinajstić information content (AvgIpc) is 2.74. The molecule has 0 bridgehead atoms. The van der Waals surface area contributed by atoms with Gasteiger partial charge in [0.2, 0.25) is 5.95 Å². The summed E-state index contributed by atoms with van der Waals surface area (Å²) in [6, 6.07) is 1.49. The predicted molar refractivity (Wildman–Crippen MR) is 109 cm³/mol. The zero-order valence-electron chi connectivity index (χ0n) is 17.7. The van der Waals surface area contributed by atoms with Crippen molar-refractivity contribution in [2.45, 2.75) is 45.0 Å². The molecular weight excluding hydrogens is 395 g/mol. The summed E-state index contributed by atoms with van der Waals surface area (Å²) in [4.78, 5) is 14.3. The average molecular weight is 425 g/mol. The van der Waals surface area contributed by atoms with E-state index in [2.05, 4.69) is 45.5 Å². The molecule has 0 spiro atoms. The van der Waals surface area contributed by atoms with Crippen LogP contribution in [0.4, 0.5) is 19.1 Å². The van der Waals surface area contributed by atoms with E-state index in [0.717, 1.165) is 57.8 Å². The highest BCUT2D eigenvalue weighted by Crippen LogP contribution is 2.28.